The van der Waals surface area contributed by atoms with Crippen LogP contribution in [-0.4, -0.2) is 43.9 Å². The summed E-state index contributed by atoms with van der Waals surface area (Å²) in [6, 6.07) is 13.4. The van der Waals surface area contributed by atoms with Gasteiger partial charge in [0.1, 0.15) is 11.8 Å². The first-order valence-corrected chi connectivity index (χ1v) is 13.4. The minimum absolute atomic E-state index is 0.168. The number of benzene rings is 2. The Balaban J connectivity index is 1.75. The number of halogens is 1. The summed E-state index contributed by atoms with van der Waals surface area (Å²) in [7, 11) is -2.43. The van der Waals surface area contributed by atoms with Gasteiger partial charge >= 0.3 is 0 Å². The molecule has 0 fully saturated rings. The van der Waals surface area contributed by atoms with E-state index >= 15 is 0 Å². The highest BCUT2D eigenvalue weighted by molar-refractivity contribution is 8.00. The number of aromatic nitrogens is 2. The van der Waals surface area contributed by atoms with E-state index in [0.29, 0.717) is 9.36 Å². The van der Waals surface area contributed by atoms with Gasteiger partial charge in [-0.15, -0.1) is 10.2 Å². The number of methoxy groups -OCH3 is 1. The summed E-state index contributed by atoms with van der Waals surface area (Å²) in [6.45, 7) is 1.48. The summed E-state index contributed by atoms with van der Waals surface area (Å²) in [5, 5.41) is 11.3. The molecular formula is C20H21ClN4O4S3. The Bertz CT molecular complexity index is 1190. The Morgan fingerprint density at radius 1 is 1.25 bits per heavy atom. The predicted molar refractivity (Wildman–Crippen MR) is 129 cm³/mol. The average molecular weight is 513 g/mol. The molecule has 170 valence electrons. The molecule has 0 saturated carbocycles. The molecule has 1 atom stereocenters. The zero-order chi connectivity index (χ0) is 23.3. The van der Waals surface area contributed by atoms with Crippen molar-refractivity contribution in [3.05, 3.63) is 59.1 Å². The van der Waals surface area contributed by atoms with Crippen molar-refractivity contribution in [2.75, 3.05) is 23.0 Å². The van der Waals surface area contributed by atoms with E-state index in [9.17, 15) is 13.2 Å². The Kier molecular flexibility index (Phi) is 7.99. The van der Waals surface area contributed by atoms with Crippen LogP contribution in [0.15, 0.2) is 52.9 Å². The van der Waals surface area contributed by atoms with Gasteiger partial charge in [0.15, 0.2) is 4.34 Å². The molecule has 0 bridgehead atoms. The third-order valence-electron chi connectivity index (χ3n) is 4.31. The summed E-state index contributed by atoms with van der Waals surface area (Å²) in [4.78, 5) is 12.9. The lowest BCUT2D eigenvalue weighted by Gasteiger charge is -2.29. The fraction of sp³-hybridized carbons (Fsp3) is 0.250. The summed E-state index contributed by atoms with van der Waals surface area (Å²) in [6.07, 6.45) is 1.01. The third kappa shape index (κ3) is 6.12. The van der Waals surface area contributed by atoms with Crippen molar-refractivity contribution in [3.8, 4) is 5.75 Å². The van der Waals surface area contributed by atoms with E-state index in [1.807, 2.05) is 30.3 Å². The number of nitrogens with zero attached hydrogens (tertiary/aromatic N) is 3. The van der Waals surface area contributed by atoms with Crippen LogP contribution in [0.2, 0.25) is 5.02 Å². The molecule has 12 heteroatoms. The van der Waals surface area contributed by atoms with Crippen LogP contribution in [0, 0.1) is 0 Å². The molecule has 0 unspecified atom stereocenters. The van der Waals surface area contributed by atoms with Crippen molar-refractivity contribution >= 4 is 61.4 Å². The van der Waals surface area contributed by atoms with Crippen LogP contribution in [0.5, 0.6) is 5.75 Å². The van der Waals surface area contributed by atoms with Crippen LogP contribution in [0.1, 0.15) is 12.5 Å². The van der Waals surface area contributed by atoms with Crippen LogP contribution in [-0.2, 0) is 20.6 Å². The number of rotatable bonds is 9. The highest BCUT2D eigenvalue weighted by Gasteiger charge is 2.32. The van der Waals surface area contributed by atoms with Crippen LogP contribution in [0.3, 0.4) is 0 Å². The molecule has 3 aromatic rings. The second-order valence-electron chi connectivity index (χ2n) is 6.69. The van der Waals surface area contributed by atoms with E-state index in [1.54, 1.807) is 12.1 Å². The third-order valence-corrected chi connectivity index (χ3v) is 7.81. The SMILES string of the molecule is COc1ccc(Cl)cc1N([C@H](C)C(=O)Nc1nnc(SCc2ccccc2)s1)S(C)(=O)=O. The van der Waals surface area contributed by atoms with Gasteiger partial charge in [0.05, 0.1) is 19.1 Å². The van der Waals surface area contributed by atoms with E-state index in [0.717, 1.165) is 21.9 Å². The Morgan fingerprint density at radius 3 is 2.62 bits per heavy atom. The van der Waals surface area contributed by atoms with Gasteiger partial charge in [0.25, 0.3) is 0 Å². The summed E-state index contributed by atoms with van der Waals surface area (Å²) in [5.74, 6) is 0.430. The molecule has 0 radical (unpaired) electrons. The molecule has 0 aliphatic rings. The number of carbonyl (C=O) groups excluding carboxylic acids is 1. The Morgan fingerprint density at radius 2 is 1.97 bits per heavy atom. The van der Waals surface area contributed by atoms with Gasteiger partial charge in [-0.25, -0.2) is 8.42 Å². The van der Waals surface area contributed by atoms with Gasteiger partial charge in [-0.1, -0.05) is 65.0 Å². The lowest BCUT2D eigenvalue weighted by atomic mass is 10.2. The second kappa shape index (κ2) is 10.5. The summed E-state index contributed by atoms with van der Waals surface area (Å²) < 4.78 is 32.0. The Hall–Kier alpha value is -2.34. The average Bonchev–Trinajstić information content (AvgIpc) is 3.19. The number of hydrogen-bond donors (Lipinski definition) is 1. The van der Waals surface area contributed by atoms with Gasteiger partial charge in [0, 0.05) is 10.8 Å². The largest absolute Gasteiger partial charge is 0.495 e. The smallest absolute Gasteiger partial charge is 0.249 e. The molecule has 32 heavy (non-hydrogen) atoms. The highest BCUT2D eigenvalue weighted by Crippen LogP contribution is 2.34. The lowest BCUT2D eigenvalue weighted by Crippen LogP contribution is -2.45. The zero-order valence-corrected chi connectivity index (χ0v) is 20.7. The van der Waals surface area contributed by atoms with Gasteiger partial charge in [-0.2, -0.15) is 0 Å². The first-order valence-electron chi connectivity index (χ1n) is 9.33. The standard InChI is InChI=1S/C20H21ClN4O4S3/c1-13(25(32(3,27)28)16-11-15(21)9-10-17(16)29-2)18(26)22-19-23-24-20(31-19)30-12-14-7-5-4-6-8-14/h4-11,13H,12H2,1-3H3,(H,22,23,26)/t13-/m1/s1. The zero-order valence-electron chi connectivity index (χ0n) is 17.5. The molecule has 0 saturated heterocycles. The van der Waals surface area contributed by atoms with Gasteiger partial charge in [-0.05, 0) is 30.7 Å². The van der Waals surface area contributed by atoms with Crippen molar-refractivity contribution in [2.24, 2.45) is 0 Å². The Labute approximate surface area is 200 Å². The maximum Gasteiger partial charge on any atom is 0.249 e. The van der Waals surface area contributed by atoms with Crippen molar-refractivity contribution in [2.45, 2.75) is 23.1 Å². The molecule has 1 N–H and O–H groups in total. The summed E-state index contributed by atoms with van der Waals surface area (Å²) in [5.41, 5.74) is 1.31. The highest BCUT2D eigenvalue weighted by atomic mass is 35.5. The van der Waals surface area contributed by atoms with E-state index in [1.165, 1.54) is 43.2 Å². The molecule has 1 aromatic heterocycles. The molecule has 3 rings (SSSR count). The number of nitrogens with one attached hydrogen (secondary N) is 1. The molecule has 8 nitrogen and oxygen atoms in total. The number of thioether (sulfide) groups is 1. The molecule has 1 heterocycles. The number of anilines is 2. The molecule has 0 aliphatic carbocycles. The molecule has 0 aliphatic heterocycles. The first kappa shape index (κ1) is 24.3. The van der Waals surface area contributed by atoms with Gasteiger partial charge in [0.2, 0.25) is 21.1 Å². The van der Waals surface area contributed by atoms with Crippen LogP contribution in [0.4, 0.5) is 10.8 Å². The number of hydrogen-bond acceptors (Lipinski definition) is 8. The van der Waals surface area contributed by atoms with Crippen molar-refractivity contribution < 1.29 is 17.9 Å². The summed E-state index contributed by atoms with van der Waals surface area (Å²) >= 11 is 8.78. The van der Waals surface area contributed by atoms with E-state index in [-0.39, 0.29) is 16.6 Å². The van der Waals surface area contributed by atoms with Crippen LogP contribution < -0.4 is 14.4 Å². The monoisotopic (exact) mass is 512 g/mol. The van der Waals surface area contributed by atoms with Crippen molar-refractivity contribution in [1.82, 2.24) is 10.2 Å². The number of carbonyl (C=O) groups is 1. The quantitative estimate of drug-likeness (QED) is 0.337. The lowest BCUT2D eigenvalue weighted by molar-refractivity contribution is -0.116. The van der Waals surface area contributed by atoms with Gasteiger partial charge in [-0.3, -0.25) is 14.4 Å². The topological polar surface area (TPSA) is 101 Å². The maximum atomic E-state index is 12.9. The molecule has 2 aromatic carbocycles. The number of ether oxygens (including phenoxy) is 1. The molecule has 0 spiro atoms. The van der Waals surface area contributed by atoms with E-state index < -0.39 is 22.0 Å². The maximum absolute atomic E-state index is 12.9. The molecule has 1 amide bonds. The van der Waals surface area contributed by atoms with E-state index in [2.05, 4.69) is 15.5 Å². The fourth-order valence-electron chi connectivity index (χ4n) is 2.86. The number of amides is 1. The van der Waals surface area contributed by atoms with Crippen LogP contribution >= 0.6 is 34.7 Å². The van der Waals surface area contributed by atoms with Gasteiger partial charge < -0.3 is 4.74 Å². The second-order valence-corrected chi connectivity index (χ2v) is 11.2. The predicted octanol–water partition coefficient (Wildman–Crippen LogP) is 4.29. The molecular weight excluding hydrogens is 492 g/mol. The number of sulfonamides is 1. The normalized spacial score (nSPS) is 12.2. The fourth-order valence-corrected chi connectivity index (χ4v) is 5.91. The minimum Gasteiger partial charge on any atom is -0.495 e. The first-order chi connectivity index (χ1) is 15.2. The van der Waals surface area contributed by atoms with E-state index in [4.69, 9.17) is 16.3 Å². The van der Waals surface area contributed by atoms with Crippen LogP contribution in [0.25, 0.3) is 0 Å². The minimum atomic E-state index is -3.84. The van der Waals surface area contributed by atoms with Crippen molar-refractivity contribution in [1.29, 1.82) is 0 Å². The van der Waals surface area contributed by atoms with Crippen molar-refractivity contribution in [3.63, 3.8) is 0 Å².